The van der Waals surface area contributed by atoms with Crippen LogP contribution in [0.5, 0.6) is 5.75 Å². The van der Waals surface area contributed by atoms with Gasteiger partial charge in [-0.05, 0) is 36.8 Å². The summed E-state index contributed by atoms with van der Waals surface area (Å²) < 4.78 is 7.51. The molecule has 0 N–H and O–H groups in total. The van der Waals surface area contributed by atoms with Crippen LogP contribution in [-0.4, -0.2) is 22.2 Å². The number of amides is 1. The second-order valence-electron chi connectivity index (χ2n) is 6.09. The van der Waals surface area contributed by atoms with Crippen LogP contribution in [-0.2, 0) is 13.2 Å². The van der Waals surface area contributed by atoms with Crippen LogP contribution >= 0.6 is 0 Å². The number of benzene rings is 2. The maximum atomic E-state index is 12.9. The first-order valence-electron chi connectivity index (χ1n) is 8.34. The van der Waals surface area contributed by atoms with Crippen molar-refractivity contribution in [2.45, 2.75) is 20.1 Å². The fraction of sp³-hybridized carbons (Fsp3) is 0.200. The number of aryl methyl sites for hydroxylation is 1. The third-order valence-electron chi connectivity index (χ3n) is 4.37. The Bertz CT molecular complexity index is 902. The molecule has 5 nitrogen and oxygen atoms in total. The molecule has 0 radical (unpaired) electrons. The second-order valence-corrected chi connectivity index (χ2v) is 6.09. The molecular formula is C20H19N3O2. The van der Waals surface area contributed by atoms with Crippen molar-refractivity contribution < 1.29 is 9.53 Å². The lowest BCUT2D eigenvalue weighted by atomic mass is 10.1. The molecule has 2 heterocycles. The standard InChI is InChI=1S/C20H19N3O2/c1-15-7-5-6-10-18(15)22-11-12-23-19(20(22)24)13-16(21-23)14-25-17-8-3-2-4-9-17/h2-10,13H,11-12,14H2,1H3. The Morgan fingerprint density at radius 2 is 1.80 bits per heavy atom. The average Bonchev–Trinajstić information content (AvgIpc) is 3.06. The van der Waals surface area contributed by atoms with Crippen LogP contribution in [0.3, 0.4) is 0 Å². The summed E-state index contributed by atoms with van der Waals surface area (Å²) in [4.78, 5) is 14.7. The Hall–Kier alpha value is -3.08. The van der Waals surface area contributed by atoms with Crippen molar-refractivity contribution in [1.82, 2.24) is 9.78 Å². The molecule has 0 atom stereocenters. The van der Waals surface area contributed by atoms with Crippen molar-refractivity contribution in [3.05, 3.63) is 77.6 Å². The first kappa shape index (κ1) is 15.4. The molecule has 0 aliphatic carbocycles. The molecule has 2 aromatic carbocycles. The van der Waals surface area contributed by atoms with Crippen LogP contribution in [0.25, 0.3) is 0 Å². The van der Waals surface area contributed by atoms with Crippen molar-refractivity contribution in [1.29, 1.82) is 0 Å². The molecular weight excluding hydrogens is 314 g/mol. The Kier molecular flexibility index (Phi) is 3.98. The van der Waals surface area contributed by atoms with E-state index in [1.807, 2.05) is 72.5 Å². The van der Waals surface area contributed by atoms with Gasteiger partial charge in [-0.25, -0.2) is 0 Å². The van der Waals surface area contributed by atoms with Crippen molar-refractivity contribution in [2.75, 3.05) is 11.4 Å². The minimum absolute atomic E-state index is 0.0148. The van der Waals surface area contributed by atoms with E-state index in [-0.39, 0.29) is 5.91 Å². The molecule has 0 bridgehead atoms. The zero-order chi connectivity index (χ0) is 17.2. The lowest BCUT2D eigenvalue weighted by Crippen LogP contribution is -2.40. The first-order chi connectivity index (χ1) is 12.2. The number of para-hydroxylation sites is 2. The van der Waals surface area contributed by atoms with Crippen molar-refractivity contribution in [3.63, 3.8) is 0 Å². The molecule has 126 valence electrons. The Labute approximate surface area is 146 Å². The number of ether oxygens (including phenoxy) is 1. The lowest BCUT2D eigenvalue weighted by Gasteiger charge is -2.28. The molecule has 5 heteroatoms. The van der Waals surface area contributed by atoms with E-state index in [9.17, 15) is 4.79 Å². The SMILES string of the molecule is Cc1ccccc1N1CCn2nc(COc3ccccc3)cc2C1=O. The highest BCUT2D eigenvalue weighted by atomic mass is 16.5. The summed E-state index contributed by atoms with van der Waals surface area (Å²) in [6, 6.07) is 19.4. The van der Waals surface area contributed by atoms with Crippen LogP contribution in [0.1, 0.15) is 21.7 Å². The van der Waals surface area contributed by atoms with Crippen LogP contribution in [0.2, 0.25) is 0 Å². The van der Waals surface area contributed by atoms with Gasteiger partial charge < -0.3 is 9.64 Å². The number of hydrogen-bond donors (Lipinski definition) is 0. The molecule has 25 heavy (non-hydrogen) atoms. The summed E-state index contributed by atoms with van der Waals surface area (Å²) in [5.41, 5.74) is 3.43. The van der Waals surface area contributed by atoms with Gasteiger partial charge in [-0.3, -0.25) is 9.48 Å². The van der Waals surface area contributed by atoms with E-state index in [1.165, 1.54) is 0 Å². The van der Waals surface area contributed by atoms with Crippen molar-refractivity contribution >= 4 is 11.6 Å². The maximum Gasteiger partial charge on any atom is 0.276 e. The first-order valence-corrected chi connectivity index (χ1v) is 8.34. The van der Waals surface area contributed by atoms with Crippen LogP contribution in [0.4, 0.5) is 5.69 Å². The third-order valence-corrected chi connectivity index (χ3v) is 4.37. The number of aromatic nitrogens is 2. The van der Waals surface area contributed by atoms with Crippen LogP contribution in [0, 0.1) is 6.92 Å². The lowest BCUT2D eigenvalue weighted by molar-refractivity contribution is 0.0962. The number of anilines is 1. The van der Waals surface area contributed by atoms with E-state index < -0.39 is 0 Å². The van der Waals surface area contributed by atoms with Gasteiger partial charge in [-0.15, -0.1) is 0 Å². The summed E-state index contributed by atoms with van der Waals surface area (Å²) in [7, 11) is 0. The number of fused-ring (bicyclic) bond motifs is 1. The van der Waals surface area contributed by atoms with E-state index >= 15 is 0 Å². The molecule has 1 aliphatic heterocycles. The predicted octanol–water partition coefficient (Wildman–Crippen LogP) is 3.43. The number of nitrogens with zero attached hydrogens (tertiary/aromatic N) is 3. The Morgan fingerprint density at radius 3 is 2.60 bits per heavy atom. The number of carbonyl (C=O) groups excluding carboxylic acids is 1. The van der Waals surface area contributed by atoms with Crippen molar-refractivity contribution in [2.24, 2.45) is 0 Å². The predicted molar refractivity (Wildman–Crippen MR) is 95.9 cm³/mol. The average molecular weight is 333 g/mol. The zero-order valence-electron chi connectivity index (χ0n) is 14.1. The summed E-state index contributed by atoms with van der Waals surface area (Å²) in [6.45, 7) is 3.67. The smallest absolute Gasteiger partial charge is 0.276 e. The zero-order valence-corrected chi connectivity index (χ0v) is 14.1. The quantitative estimate of drug-likeness (QED) is 0.735. The Balaban J connectivity index is 1.54. The molecule has 1 amide bonds. The maximum absolute atomic E-state index is 12.9. The molecule has 1 aromatic heterocycles. The van der Waals surface area contributed by atoms with Gasteiger partial charge in [0.1, 0.15) is 23.7 Å². The molecule has 0 fully saturated rings. The van der Waals surface area contributed by atoms with Gasteiger partial charge in [0.2, 0.25) is 0 Å². The molecule has 3 aromatic rings. The van der Waals surface area contributed by atoms with Gasteiger partial charge in [-0.1, -0.05) is 36.4 Å². The van der Waals surface area contributed by atoms with Gasteiger partial charge in [0.05, 0.1) is 6.54 Å². The van der Waals surface area contributed by atoms with E-state index in [0.717, 1.165) is 22.7 Å². The van der Waals surface area contributed by atoms with E-state index in [4.69, 9.17) is 4.74 Å². The minimum atomic E-state index is -0.0148. The third kappa shape index (κ3) is 3.01. The Morgan fingerprint density at radius 1 is 1.04 bits per heavy atom. The highest BCUT2D eigenvalue weighted by molar-refractivity contribution is 6.06. The summed E-state index contributed by atoms with van der Waals surface area (Å²) in [6.07, 6.45) is 0. The largest absolute Gasteiger partial charge is 0.487 e. The molecule has 4 rings (SSSR count). The van der Waals surface area contributed by atoms with E-state index in [2.05, 4.69) is 5.10 Å². The fourth-order valence-corrected chi connectivity index (χ4v) is 3.09. The van der Waals surface area contributed by atoms with E-state index in [1.54, 1.807) is 4.68 Å². The van der Waals surface area contributed by atoms with Gasteiger partial charge in [-0.2, -0.15) is 5.10 Å². The monoisotopic (exact) mass is 333 g/mol. The summed E-state index contributed by atoms with van der Waals surface area (Å²) in [5.74, 6) is 0.778. The fourth-order valence-electron chi connectivity index (χ4n) is 3.09. The summed E-state index contributed by atoms with van der Waals surface area (Å²) >= 11 is 0. The number of hydrogen-bond acceptors (Lipinski definition) is 3. The minimum Gasteiger partial charge on any atom is -0.487 e. The highest BCUT2D eigenvalue weighted by Gasteiger charge is 2.28. The van der Waals surface area contributed by atoms with E-state index in [0.29, 0.717) is 25.4 Å². The number of rotatable bonds is 4. The molecule has 0 saturated heterocycles. The van der Waals surface area contributed by atoms with Crippen LogP contribution in [0.15, 0.2) is 60.7 Å². The molecule has 1 aliphatic rings. The second kappa shape index (κ2) is 6.43. The molecule has 0 spiro atoms. The normalized spacial score (nSPS) is 13.6. The summed E-state index contributed by atoms with van der Waals surface area (Å²) in [5, 5.41) is 4.51. The van der Waals surface area contributed by atoms with Crippen molar-refractivity contribution in [3.8, 4) is 5.75 Å². The van der Waals surface area contributed by atoms with Gasteiger partial charge in [0.15, 0.2) is 0 Å². The highest BCUT2D eigenvalue weighted by Crippen LogP contribution is 2.25. The van der Waals surface area contributed by atoms with Crippen LogP contribution < -0.4 is 9.64 Å². The molecule has 0 unspecified atom stereocenters. The topological polar surface area (TPSA) is 47.4 Å². The van der Waals surface area contributed by atoms with Gasteiger partial charge in [0, 0.05) is 12.2 Å². The van der Waals surface area contributed by atoms with Gasteiger partial charge >= 0.3 is 0 Å². The molecule has 0 saturated carbocycles. The van der Waals surface area contributed by atoms with Gasteiger partial charge in [0.25, 0.3) is 5.91 Å². The number of carbonyl (C=O) groups is 1.